The van der Waals surface area contributed by atoms with Crippen molar-refractivity contribution in [3.63, 3.8) is 0 Å². The number of rotatable bonds is 6. The van der Waals surface area contributed by atoms with Crippen molar-refractivity contribution in [1.29, 1.82) is 0 Å². The SMILES string of the molecule is CCn1ccc(/C=c2/sc3n(c2=O)C(c2ccc(OC)cc2)C(C(=O)Nc2ccccc2C)=C(C)N=3)n1. The summed E-state index contributed by atoms with van der Waals surface area (Å²) in [6, 6.07) is 16.2. The molecule has 2 aromatic heterocycles. The molecule has 0 saturated heterocycles. The summed E-state index contributed by atoms with van der Waals surface area (Å²) >= 11 is 1.29. The molecule has 0 radical (unpaired) electrons. The van der Waals surface area contributed by atoms with Crippen molar-refractivity contribution < 1.29 is 9.53 Å². The fraction of sp³-hybridized carbons (Fsp3) is 0.214. The maximum absolute atomic E-state index is 13.8. The summed E-state index contributed by atoms with van der Waals surface area (Å²) in [6.07, 6.45) is 3.65. The first-order chi connectivity index (χ1) is 17.9. The highest BCUT2D eigenvalue weighted by Gasteiger charge is 2.32. The van der Waals surface area contributed by atoms with Crippen LogP contribution in [0.3, 0.4) is 0 Å². The van der Waals surface area contributed by atoms with Crippen LogP contribution in [-0.2, 0) is 11.3 Å². The van der Waals surface area contributed by atoms with Crippen LogP contribution in [0, 0.1) is 6.92 Å². The quantitative estimate of drug-likeness (QED) is 0.428. The van der Waals surface area contributed by atoms with Gasteiger partial charge in [0, 0.05) is 18.4 Å². The van der Waals surface area contributed by atoms with Crippen LogP contribution in [0.15, 0.2) is 81.9 Å². The molecule has 1 aliphatic rings. The van der Waals surface area contributed by atoms with Gasteiger partial charge in [-0.1, -0.05) is 41.7 Å². The molecule has 1 atom stereocenters. The molecule has 1 amide bonds. The highest BCUT2D eigenvalue weighted by atomic mass is 32.1. The van der Waals surface area contributed by atoms with Crippen LogP contribution < -0.4 is 24.9 Å². The molecule has 0 bridgehead atoms. The minimum atomic E-state index is -0.651. The van der Waals surface area contributed by atoms with E-state index in [4.69, 9.17) is 9.73 Å². The van der Waals surface area contributed by atoms with Gasteiger partial charge in [-0.05, 0) is 62.2 Å². The molecule has 4 aromatic rings. The zero-order chi connectivity index (χ0) is 26.1. The monoisotopic (exact) mass is 513 g/mol. The number of ether oxygens (including phenoxy) is 1. The van der Waals surface area contributed by atoms with E-state index in [1.807, 2.05) is 81.6 Å². The number of carbonyl (C=O) groups is 1. The van der Waals surface area contributed by atoms with Gasteiger partial charge < -0.3 is 10.1 Å². The molecule has 5 rings (SSSR count). The Kier molecular flexibility index (Phi) is 6.62. The Balaban J connectivity index is 1.66. The first-order valence-electron chi connectivity index (χ1n) is 12.0. The van der Waals surface area contributed by atoms with Crippen molar-refractivity contribution in [1.82, 2.24) is 14.3 Å². The first-order valence-corrected chi connectivity index (χ1v) is 12.8. The number of anilines is 1. The molecular weight excluding hydrogens is 486 g/mol. The largest absolute Gasteiger partial charge is 0.497 e. The second kappa shape index (κ2) is 10.0. The van der Waals surface area contributed by atoms with Gasteiger partial charge in [-0.3, -0.25) is 18.8 Å². The minimum Gasteiger partial charge on any atom is -0.497 e. The Morgan fingerprint density at radius 2 is 1.89 bits per heavy atom. The number of thiazole rings is 1. The van der Waals surface area contributed by atoms with Gasteiger partial charge in [0.1, 0.15) is 5.75 Å². The van der Waals surface area contributed by atoms with Crippen molar-refractivity contribution in [2.45, 2.75) is 33.4 Å². The van der Waals surface area contributed by atoms with Crippen molar-refractivity contribution >= 4 is 29.0 Å². The average molecular weight is 514 g/mol. The summed E-state index contributed by atoms with van der Waals surface area (Å²) in [5.74, 6) is 0.390. The number of para-hydroxylation sites is 1. The third kappa shape index (κ3) is 4.65. The van der Waals surface area contributed by atoms with Crippen LogP contribution in [0.2, 0.25) is 0 Å². The lowest BCUT2D eigenvalue weighted by molar-refractivity contribution is -0.113. The molecular formula is C28H27N5O3S. The molecule has 2 aromatic carbocycles. The van der Waals surface area contributed by atoms with Crippen molar-refractivity contribution in [3.8, 4) is 5.75 Å². The fourth-order valence-electron chi connectivity index (χ4n) is 4.38. The summed E-state index contributed by atoms with van der Waals surface area (Å²) in [7, 11) is 1.60. The summed E-state index contributed by atoms with van der Waals surface area (Å²) in [4.78, 5) is 32.7. The molecule has 0 saturated carbocycles. The lowest BCUT2D eigenvalue weighted by Gasteiger charge is -2.25. The average Bonchev–Trinajstić information content (AvgIpc) is 3.48. The number of aryl methyl sites for hydroxylation is 2. The molecule has 37 heavy (non-hydrogen) atoms. The number of hydrogen-bond acceptors (Lipinski definition) is 6. The van der Waals surface area contributed by atoms with Crippen LogP contribution in [0.25, 0.3) is 6.08 Å². The first kappa shape index (κ1) is 24.5. The zero-order valence-corrected chi connectivity index (χ0v) is 21.9. The highest BCUT2D eigenvalue weighted by Crippen LogP contribution is 2.32. The van der Waals surface area contributed by atoms with E-state index in [0.29, 0.717) is 37.7 Å². The second-order valence-corrected chi connectivity index (χ2v) is 9.73. The van der Waals surface area contributed by atoms with Crippen molar-refractivity contribution in [2.75, 3.05) is 12.4 Å². The van der Waals surface area contributed by atoms with Crippen molar-refractivity contribution in [3.05, 3.63) is 109 Å². The van der Waals surface area contributed by atoms with E-state index in [1.165, 1.54) is 11.3 Å². The lowest BCUT2D eigenvalue weighted by Crippen LogP contribution is -2.40. The molecule has 188 valence electrons. The van der Waals surface area contributed by atoms with Crippen LogP contribution >= 0.6 is 11.3 Å². The molecule has 0 fully saturated rings. The Morgan fingerprint density at radius 3 is 2.57 bits per heavy atom. The lowest BCUT2D eigenvalue weighted by atomic mass is 9.95. The Labute approximate surface area is 217 Å². The van der Waals surface area contributed by atoms with E-state index in [0.717, 1.165) is 17.7 Å². The number of hydrogen-bond donors (Lipinski definition) is 1. The van der Waals surface area contributed by atoms with Crippen LogP contribution in [0.4, 0.5) is 5.69 Å². The predicted octanol–water partition coefficient (Wildman–Crippen LogP) is 3.41. The third-order valence-electron chi connectivity index (χ3n) is 6.36. The number of allylic oxidation sites excluding steroid dienone is 1. The molecule has 8 nitrogen and oxygen atoms in total. The summed E-state index contributed by atoms with van der Waals surface area (Å²) in [5, 5.41) is 7.51. The van der Waals surface area contributed by atoms with Gasteiger partial charge in [0.25, 0.3) is 11.5 Å². The van der Waals surface area contributed by atoms with E-state index in [-0.39, 0.29) is 11.5 Å². The Bertz CT molecular complexity index is 1690. The van der Waals surface area contributed by atoms with E-state index in [2.05, 4.69) is 10.4 Å². The molecule has 0 spiro atoms. The van der Waals surface area contributed by atoms with Gasteiger partial charge in [0.15, 0.2) is 4.80 Å². The van der Waals surface area contributed by atoms with E-state index >= 15 is 0 Å². The molecule has 3 heterocycles. The normalized spacial score (nSPS) is 15.4. The fourth-order valence-corrected chi connectivity index (χ4v) is 5.41. The van der Waals surface area contributed by atoms with Gasteiger partial charge in [-0.25, -0.2) is 4.99 Å². The number of nitrogens with zero attached hydrogens (tertiary/aromatic N) is 4. The van der Waals surface area contributed by atoms with Gasteiger partial charge in [0.2, 0.25) is 0 Å². The zero-order valence-electron chi connectivity index (χ0n) is 21.1. The number of carbonyl (C=O) groups excluding carboxylic acids is 1. The number of aromatic nitrogens is 3. The summed E-state index contributed by atoms with van der Waals surface area (Å²) in [5.41, 5.74) is 3.90. The van der Waals surface area contributed by atoms with E-state index in [9.17, 15) is 9.59 Å². The Hall–Kier alpha value is -4.24. The van der Waals surface area contributed by atoms with E-state index < -0.39 is 6.04 Å². The molecule has 1 aliphatic heterocycles. The van der Waals surface area contributed by atoms with Gasteiger partial charge in [-0.15, -0.1) is 0 Å². The maximum Gasteiger partial charge on any atom is 0.271 e. The third-order valence-corrected chi connectivity index (χ3v) is 7.34. The van der Waals surface area contributed by atoms with Crippen molar-refractivity contribution in [2.24, 2.45) is 4.99 Å². The predicted molar refractivity (Wildman–Crippen MR) is 144 cm³/mol. The molecule has 0 aliphatic carbocycles. The molecule has 1 unspecified atom stereocenters. The summed E-state index contributed by atoms with van der Waals surface area (Å²) < 4.78 is 9.25. The van der Waals surface area contributed by atoms with Crippen LogP contribution in [-0.4, -0.2) is 27.4 Å². The second-order valence-electron chi connectivity index (χ2n) is 8.72. The van der Waals surface area contributed by atoms with Gasteiger partial charge in [-0.2, -0.15) is 5.10 Å². The van der Waals surface area contributed by atoms with Gasteiger partial charge >= 0.3 is 0 Å². The number of nitrogens with one attached hydrogen (secondary N) is 1. The number of fused-ring (bicyclic) bond motifs is 1. The Morgan fingerprint density at radius 1 is 1.14 bits per heavy atom. The number of methoxy groups -OCH3 is 1. The number of benzene rings is 2. The molecule has 1 N–H and O–H groups in total. The smallest absolute Gasteiger partial charge is 0.271 e. The molecule has 9 heteroatoms. The maximum atomic E-state index is 13.8. The minimum absolute atomic E-state index is 0.218. The highest BCUT2D eigenvalue weighted by molar-refractivity contribution is 7.07. The van der Waals surface area contributed by atoms with Crippen LogP contribution in [0.5, 0.6) is 5.75 Å². The topological polar surface area (TPSA) is 90.5 Å². The standard InChI is InChI=1S/C28H27N5O3S/c1-5-32-15-14-20(31-32)16-23-27(35)33-25(19-10-12-21(36-4)13-11-19)24(18(3)29-28(33)37-23)26(34)30-22-9-7-6-8-17(22)2/h6-16,25H,5H2,1-4H3,(H,30,34)/b23-16+. The van der Waals surface area contributed by atoms with E-state index in [1.54, 1.807) is 22.4 Å². The summed E-state index contributed by atoms with van der Waals surface area (Å²) in [6.45, 7) is 6.49. The van der Waals surface area contributed by atoms with Crippen LogP contribution in [0.1, 0.15) is 36.7 Å². The van der Waals surface area contributed by atoms with Gasteiger partial charge in [0.05, 0.1) is 34.6 Å². The number of amides is 1.